The van der Waals surface area contributed by atoms with Crippen molar-refractivity contribution >= 4 is 35.2 Å². The Kier molecular flexibility index (Phi) is 6.88. The predicted octanol–water partition coefficient (Wildman–Crippen LogP) is 3.36. The Morgan fingerprint density at radius 2 is 1.70 bits per heavy atom. The van der Waals surface area contributed by atoms with Crippen LogP contribution in [-0.2, 0) is 9.59 Å². The summed E-state index contributed by atoms with van der Waals surface area (Å²) < 4.78 is 0. The van der Waals surface area contributed by atoms with E-state index in [9.17, 15) is 14.4 Å². The molecule has 0 aliphatic carbocycles. The minimum Gasteiger partial charge on any atom is -0.352 e. The number of rotatable bonds is 6. The van der Waals surface area contributed by atoms with E-state index in [1.54, 1.807) is 48.5 Å². The third-order valence-corrected chi connectivity index (χ3v) is 3.75. The molecule has 2 aromatic rings. The molecule has 2 rings (SSSR count). The van der Waals surface area contributed by atoms with Crippen molar-refractivity contribution in [1.29, 1.82) is 0 Å². The lowest BCUT2D eigenvalue weighted by Crippen LogP contribution is -2.23. The Bertz CT molecular complexity index is 871. The molecule has 0 aromatic heterocycles. The molecular weight excluding hydrogens is 342 g/mol. The number of hydrogen-bond acceptors (Lipinski definition) is 3. The van der Waals surface area contributed by atoms with Gasteiger partial charge < -0.3 is 16.0 Å². The standard InChI is InChI=1S/C21H23N3O3/c1-4-22-21(27)17-9-5-14(2)19(13-17)24-20(26)12-8-16-6-10-18(11-7-16)23-15(3)25/h5-13H,4H2,1-3H3,(H,22,27)(H,23,25)(H,24,26)/b12-8+. The highest BCUT2D eigenvalue weighted by Gasteiger charge is 2.08. The van der Waals surface area contributed by atoms with E-state index in [1.807, 2.05) is 13.8 Å². The second-order valence-electron chi connectivity index (χ2n) is 6.01. The van der Waals surface area contributed by atoms with E-state index in [4.69, 9.17) is 0 Å². The number of carbonyl (C=O) groups is 3. The van der Waals surface area contributed by atoms with Crippen molar-refractivity contribution in [2.24, 2.45) is 0 Å². The molecule has 3 amide bonds. The van der Waals surface area contributed by atoms with Crippen LogP contribution < -0.4 is 16.0 Å². The highest BCUT2D eigenvalue weighted by Crippen LogP contribution is 2.17. The van der Waals surface area contributed by atoms with Gasteiger partial charge in [0.2, 0.25) is 11.8 Å². The Morgan fingerprint density at radius 1 is 1.00 bits per heavy atom. The second kappa shape index (κ2) is 9.33. The summed E-state index contributed by atoms with van der Waals surface area (Å²) >= 11 is 0. The first-order chi connectivity index (χ1) is 12.9. The van der Waals surface area contributed by atoms with E-state index in [-0.39, 0.29) is 17.7 Å². The quantitative estimate of drug-likeness (QED) is 0.686. The molecule has 0 radical (unpaired) electrons. The number of aryl methyl sites for hydroxylation is 1. The van der Waals surface area contributed by atoms with E-state index in [0.29, 0.717) is 23.5 Å². The number of carbonyl (C=O) groups excluding carboxylic acids is 3. The fourth-order valence-corrected chi connectivity index (χ4v) is 2.39. The van der Waals surface area contributed by atoms with Crippen LogP contribution in [0.1, 0.15) is 35.3 Å². The van der Waals surface area contributed by atoms with Gasteiger partial charge in [0.1, 0.15) is 0 Å². The van der Waals surface area contributed by atoms with Crippen molar-refractivity contribution in [2.45, 2.75) is 20.8 Å². The van der Waals surface area contributed by atoms with Gasteiger partial charge in [0.05, 0.1) is 0 Å². The van der Waals surface area contributed by atoms with Crippen molar-refractivity contribution in [1.82, 2.24) is 5.32 Å². The van der Waals surface area contributed by atoms with Gasteiger partial charge >= 0.3 is 0 Å². The summed E-state index contributed by atoms with van der Waals surface area (Å²) in [7, 11) is 0. The molecule has 2 aromatic carbocycles. The Balaban J connectivity index is 2.04. The smallest absolute Gasteiger partial charge is 0.251 e. The second-order valence-corrected chi connectivity index (χ2v) is 6.01. The van der Waals surface area contributed by atoms with Crippen molar-refractivity contribution < 1.29 is 14.4 Å². The van der Waals surface area contributed by atoms with Crippen LogP contribution in [0.5, 0.6) is 0 Å². The van der Waals surface area contributed by atoms with Crippen LogP contribution in [0.4, 0.5) is 11.4 Å². The SMILES string of the molecule is CCNC(=O)c1ccc(C)c(NC(=O)/C=C/c2ccc(NC(C)=O)cc2)c1. The van der Waals surface area contributed by atoms with Crippen molar-refractivity contribution in [2.75, 3.05) is 17.2 Å². The summed E-state index contributed by atoms with van der Waals surface area (Å²) in [5.41, 5.74) is 3.48. The van der Waals surface area contributed by atoms with Crippen molar-refractivity contribution in [3.63, 3.8) is 0 Å². The molecule has 3 N–H and O–H groups in total. The monoisotopic (exact) mass is 365 g/mol. The first-order valence-electron chi connectivity index (χ1n) is 8.64. The van der Waals surface area contributed by atoms with Gasteiger partial charge in [-0.3, -0.25) is 14.4 Å². The fraction of sp³-hybridized carbons (Fsp3) is 0.190. The van der Waals surface area contributed by atoms with Gasteiger partial charge in [0.15, 0.2) is 0 Å². The maximum atomic E-state index is 12.2. The minimum atomic E-state index is -0.294. The molecular formula is C21H23N3O3. The van der Waals surface area contributed by atoms with E-state index in [1.165, 1.54) is 13.0 Å². The Hall–Kier alpha value is -3.41. The summed E-state index contributed by atoms with van der Waals surface area (Å²) in [6.07, 6.45) is 3.10. The van der Waals surface area contributed by atoms with Gasteiger partial charge in [0.25, 0.3) is 5.91 Å². The van der Waals surface area contributed by atoms with Gasteiger partial charge in [0, 0.05) is 36.5 Å². The number of nitrogens with one attached hydrogen (secondary N) is 3. The molecule has 0 saturated carbocycles. The molecule has 0 fully saturated rings. The van der Waals surface area contributed by atoms with Crippen LogP contribution in [0.25, 0.3) is 6.08 Å². The third kappa shape index (κ3) is 6.11. The molecule has 140 valence electrons. The first-order valence-corrected chi connectivity index (χ1v) is 8.64. The average molecular weight is 365 g/mol. The highest BCUT2D eigenvalue weighted by atomic mass is 16.2. The van der Waals surface area contributed by atoms with Crippen LogP contribution in [0.3, 0.4) is 0 Å². The van der Waals surface area contributed by atoms with E-state index >= 15 is 0 Å². The fourth-order valence-electron chi connectivity index (χ4n) is 2.39. The molecule has 6 nitrogen and oxygen atoms in total. The summed E-state index contributed by atoms with van der Waals surface area (Å²) in [6.45, 7) is 5.70. The van der Waals surface area contributed by atoms with Gasteiger partial charge in [-0.15, -0.1) is 0 Å². The van der Waals surface area contributed by atoms with Crippen LogP contribution in [0.2, 0.25) is 0 Å². The summed E-state index contributed by atoms with van der Waals surface area (Å²) in [5, 5.41) is 8.21. The molecule has 0 aliphatic rings. The van der Waals surface area contributed by atoms with Crippen molar-refractivity contribution in [3.05, 3.63) is 65.2 Å². The zero-order chi connectivity index (χ0) is 19.8. The molecule has 0 saturated heterocycles. The lowest BCUT2D eigenvalue weighted by Gasteiger charge is -2.09. The zero-order valence-electron chi connectivity index (χ0n) is 15.6. The summed E-state index contributed by atoms with van der Waals surface area (Å²) in [5.74, 6) is -0.609. The van der Waals surface area contributed by atoms with Gasteiger partial charge in [-0.1, -0.05) is 18.2 Å². The van der Waals surface area contributed by atoms with Crippen LogP contribution in [0.15, 0.2) is 48.5 Å². The molecule has 0 spiro atoms. The molecule has 0 atom stereocenters. The van der Waals surface area contributed by atoms with Crippen LogP contribution >= 0.6 is 0 Å². The summed E-state index contributed by atoms with van der Waals surface area (Å²) in [6, 6.07) is 12.3. The molecule has 0 heterocycles. The maximum absolute atomic E-state index is 12.2. The maximum Gasteiger partial charge on any atom is 0.251 e. The third-order valence-electron chi connectivity index (χ3n) is 3.75. The van der Waals surface area contributed by atoms with Gasteiger partial charge in [-0.2, -0.15) is 0 Å². The number of anilines is 2. The number of benzene rings is 2. The molecule has 0 aliphatic heterocycles. The topological polar surface area (TPSA) is 87.3 Å². The normalized spacial score (nSPS) is 10.5. The molecule has 0 bridgehead atoms. The number of hydrogen-bond donors (Lipinski definition) is 3. The van der Waals surface area contributed by atoms with Gasteiger partial charge in [-0.05, 0) is 55.3 Å². The predicted molar refractivity (Wildman–Crippen MR) is 108 cm³/mol. The van der Waals surface area contributed by atoms with Gasteiger partial charge in [-0.25, -0.2) is 0 Å². The largest absolute Gasteiger partial charge is 0.352 e. The lowest BCUT2D eigenvalue weighted by atomic mass is 10.1. The van der Waals surface area contributed by atoms with Crippen LogP contribution in [-0.4, -0.2) is 24.3 Å². The summed E-state index contributed by atoms with van der Waals surface area (Å²) in [4.78, 5) is 35.2. The Morgan fingerprint density at radius 3 is 2.33 bits per heavy atom. The van der Waals surface area contributed by atoms with E-state index in [2.05, 4.69) is 16.0 Å². The number of amides is 3. The van der Waals surface area contributed by atoms with Crippen LogP contribution in [0, 0.1) is 6.92 Å². The molecule has 0 unspecified atom stereocenters. The van der Waals surface area contributed by atoms with E-state index < -0.39 is 0 Å². The highest BCUT2D eigenvalue weighted by molar-refractivity contribution is 6.03. The molecule has 6 heteroatoms. The minimum absolute atomic E-state index is 0.136. The lowest BCUT2D eigenvalue weighted by molar-refractivity contribution is -0.114. The van der Waals surface area contributed by atoms with E-state index in [0.717, 1.165) is 11.1 Å². The first kappa shape index (κ1) is 19.9. The Labute approximate surface area is 158 Å². The molecule has 27 heavy (non-hydrogen) atoms. The zero-order valence-corrected chi connectivity index (χ0v) is 15.6. The average Bonchev–Trinajstić information content (AvgIpc) is 2.62. The van der Waals surface area contributed by atoms with Crippen molar-refractivity contribution in [3.8, 4) is 0 Å².